The van der Waals surface area contributed by atoms with Crippen LogP contribution in [0.2, 0.25) is 0 Å². The Morgan fingerprint density at radius 1 is 1.32 bits per heavy atom. The lowest BCUT2D eigenvalue weighted by molar-refractivity contribution is -0.127. The van der Waals surface area contributed by atoms with Crippen molar-refractivity contribution in [2.24, 2.45) is 23.5 Å². The molecule has 0 aromatic carbocycles. The maximum Gasteiger partial charge on any atom is 0.225 e. The second kappa shape index (κ2) is 8.30. The van der Waals surface area contributed by atoms with E-state index in [1.54, 1.807) is 0 Å². The van der Waals surface area contributed by atoms with E-state index in [0.29, 0.717) is 11.8 Å². The predicted octanol–water partition coefficient (Wildman–Crippen LogP) is 1.27. The van der Waals surface area contributed by atoms with E-state index in [2.05, 4.69) is 24.2 Å². The zero-order valence-corrected chi connectivity index (χ0v) is 13.4. The van der Waals surface area contributed by atoms with Crippen LogP contribution in [0.4, 0.5) is 0 Å². The lowest BCUT2D eigenvalue weighted by Crippen LogP contribution is -2.46. The van der Waals surface area contributed by atoms with Crippen molar-refractivity contribution in [3.8, 4) is 0 Å². The molecule has 2 aliphatic rings. The minimum Gasteiger partial charge on any atom is -0.355 e. The Hall–Kier alpha value is -0.0300. The number of carbonyl (C=O) groups excluding carboxylic acids is 1. The van der Waals surface area contributed by atoms with Gasteiger partial charge in [0.25, 0.3) is 0 Å². The van der Waals surface area contributed by atoms with Gasteiger partial charge in [-0.3, -0.25) is 4.79 Å². The van der Waals surface area contributed by atoms with Crippen LogP contribution in [0, 0.1) is 17.8 Å². The van der Waals surface area contributed by atoms with Gasteiger partial charge in [-0.05, 0) is 44.7 Å². The number of fused-ring (bicyclic) bond motifs is 2. The molecule has 0 aromatic rings. The fraction of sp³-hybridized carbons (Fsp3) is 0.923. The van der Waals surface area contributed by atoms with Crippen LogP contribution in [0.5, 0.6) is 0 Å². The van der Waals surface area contributed by atoms with Gasteiger partial charge < -0.3 is 16.0 Å². The van der Waals surface area contributed by atoms with Crippen molar-refractivity contribution in [3.63, 3.8) is 0 Å². The fourth-order valence-electron chi connectivity index (χ4n) is 3.37. The van der Waals surface area contributed by atoms with E-state index in [-0.39, 0.29) is 42.7 Å². The van der Waals surface area contributed by atoms with Crippen molar-refractivity contribution in [2.75, 3.05) is 26.7 Å². The van der Waals surface area contributed by atoms with Gasteiger partial charge in [-0.1, -0.05) is 6.92 Å². The highest BCUT2D eigenvalue weighted by Gasteiger charge is 2.48. The number of amides is 1. The summed E-state index contributed by atoms with van der Waals surface area (Å²) in [4.78, 5) is 14.3. The molecule has 0 aromatic heterocycles. The first kappa shape index (κ1) is 19.0. The van der Waals surface area contributed by atoms with E-state index in [9.17, 15) is 4.79 Å². The van der Waals surface area contributed by atoms with Gasteiger partial charge in [0.1, 0.15) is 0 Å². The molecular formula is C13H27Cl2N3O. The molecular weight excluding hydrogens is 285 g/mol. The standard InChI is InChI=1S/C13H25N3O.2ClH/c1-3-16(2)7-6-15-13(17)11-9-4-5-10(8-9)12(11)14;;/h9-12H,3-8,14H2,1-2H3,(H,15,17);2*1H. The minimum absolute atomic E-state index is 0. The van der Waals surface area contributed by atoms with Crippen LogP contribution in [0.15, 0.2) is 0 Å². The number of hydrogen-bond donors (Lipinski definition) is 2. The van der Waals surface area contributed by atoms with Crippen LogP contribution in [-0.4, -0.2) is 43.5 Å². The number of likely N-dealkylation sites (N-methyl/N-ethyl adjacent to an activating group) is 1. The van der Waals surface area contributed by atoms with Gasteiger partial charge in [-0.2, -0.15) is 0 Å². The molecule has 4 unspecified atom stereocenters. The van der Waals surface area contributed by atoms with Crippen molar-refractivity contribution in [1.29, 1.82) is 0 Å². The van der Waals surface area contributed by atoms with Crippen LogP contribution >= 0.6 is 24.8 Å². The number of carbonyl (C=O) groups is 1. The number of nitrogens with one attached hydrogen (secondary N) is 1. The van der Waals surface area contributed by atoms with E-state index in [0.717, 1.165) is 19.6 Å². The van der Waals surface area contributed by atoms with Gasteiger partial charge in [-0.25, -0.2) is 0 Å². The molecule has 2 rings (SSSR count). The molecule has 2 fully saturated rings. The Balaban J connectivity index is 0.00000162. The predicted molar refractivity (Wildman–Crippen MR) is 83.0 cm³/mol. The fourth-order valence-corrected chi connectivity index (χ4v) is 3.37. The Labute approximate surface area is 128 Å². The highest BCUT2D eigenvalue weighted by Crippen LogP contribution is 2.47. The maximum atomic E-state index is 12.1. The number of hydrogen-bond acceptors (Lipinski definition) is 3. The summed E-state index contributed by atoms with van der Waals surface area (Å²) in [6.07, 6.45) is 3.60. The average molecular weight is 312 g/mol. The van der Waals surface area contributed by atoms with Crippen LogP contribution in [-0.2, 0) is 4.79 Å². The molecule has 3 N–H and O–H groups in total. The van der Waals surface area contributed by atoms with Gasteiger partial charge in [0.15, 0.2) is 0 Å². The van der Waals surface area contributed by atoms with E-state index in [4.69, 9.17) is 5.73 Å². The van der Waals surface area contributed by atoms with Crippen molar-refractivity contribution in [2.45, 2.75) is 32.2 Å². The molecule has 19 heavy (non-hydrogen) atoms. The van der Waals surface area contributed by atoms with Gasteiger partial charge in [0.05, 0.1) is 5.92 Å². The lowest BCUT2D eigenvalue weighted by Gasteiger charge is -2.27. The lowest BCUT2D eigenvalue weighted by atomic mass is 9.84. The summed E-state index contributed by atoms with van der Waals surface area (Å²) in [7, 11) is 2.06. The first-order valence-electron chi connectivity index (χ1n) is 6.85. The highest BCUT2D eigenvalue weighted by atomic mass is 35.5. The van der Waals surface area contributed by atoms with Gasteiger partial charge >= 0.3 is 0 Å². The monoisotopic (exact) mass is 311 g/mol. The molecule has 0 heterocycles. The third-order valence-electron chi connectivity index (χ3n) is 4.62. The van der Waals surface area contributed by atoms with Crippen molar-refractivity contribution < 1.29 is 4.79 Å². The molecule has 2 bridgehead atoms. The summed E-state index contributed by atoms with van der Waals surface area (Å²) >= 11 is 0. The molecule has 4 atom stereocenters. The maximum absolute atomic E-state index is 12.1. The molecule has 2 aliphatic carbocycles. The second-order valence-electron chi connectivity index (χ2n) is 5.62. The van der Waals surface area contributed by atoms with Gasteiger partial charge in [0.2, 0.25) is 5.91 Å². The normalized spacial score (nSPS) is 31.8. The van der Waals surface area contributed by atoms with Gasteiger partial charge in [0, 0.05) is 19.1 Å². The Morgan fingerprint density at radius 2 is 1.95 bits per heavy atom. The summed E-state index contributed by atoms with van der Waals surface area (Å²) in [5.74, 6) is 1.43. The number of nitrogens with two attached hydrogens (primary N) is 1. The second-order valence-corrected chi connectivity index (χ2v) is 5.62. The quantitative estimate of drug-likeness (QED) is 0.804. The molecule has 4 nitrogen and oxygen atoms in total. The van der Waals surface area contributed by atoms with Gasteiger partial charge in [-0.15, -0.1) is 24.8 Å². The third kappa shape index (κ3) is 4.22. The number of halogens is 2. The molecule has 6 heteroatoms. The molecule has 0 aliphatic heterocycles. The highest BCUT2D eigenvalue weighted by molar-refractivity contribution is 5.85. The van der Waals surface area contributed by atoms with E-state index in [1.165, 1.54) is 19.3 Å². The summed E-state index contributed by atoms with van der Waals surface area (Å²) in [5.41, 5.74) is 6.15. The topological polar surface area (TPSA) is 58.4 Å². The Bertz CT molecular complexity index is 289. The zero-order chi connectivity index (χ0) is 12.4. The van der Waals surface area contributed by atoms with E-state index in [1.807, 2.05) is 0 Å². The largest absolute Gasteiger partial charge is 0.355 e. The Kier molecular flexibility index (Phi) is 8.29. The number of rotatable bonds is 5. The smallest absolute Gasteiger partial charge is 0.225 e. The SMILES string of the molecule is CCN(C)CCNC(=O)C1C2CCC(C2)C1N.Cl.Cl. The summed E-state index contributed by atoms with van der Waals surface area (Å²) in [6.45, 7) is 4.79. The average Bonchev–Trinajstić information content (AvgIpc) is 2.88. The van der Waals surface area contributed by atoms with Crippen molar-refractivity contribution in [3.05, 3.63) is 0 Å². The van der Waals surface area contributed by atoms with E-state index >= 15 is 0 Å². The molecule has 0 saturated heterocycles. The first-order valence-corrected chi connectivity index (χ1v) is 6.85. The van der Waals surface area contributed by atoms with E-state index < -0.39 is 0 Å². The van der Waals surface area contributed by atoms with Crippen molar-refractivity contribution in [1.82, 2.24) is 10.2 Å². The van der Waals surface area contributed by atoms with Crippen LogP contribution in [0.25, 0.3) is 0 Å². The molecule has 0 radical (unpaired) electrons. The van der Waals surface area contributed by atoms with Crippen molar-refractivity contribution >= 4 is 30.7 Å². The third-order valence-corrected chi connectivity index (χ3v) is 4.62. The first-order chi connectivity index (χ1) is 8.13. The summed E-state index contributed by atoms with van der Waals surface area (Å²) in [5, 5.41) is 3.04. The molecule has 114 valence electrons. The minimum atomic E-state index is 0. The molecule has 0 spiro atoms. The zero-order valence-electron chi connectivity index (χ0n) is 11.8. The molecule has 2 saturated carbocycles. The summed E-state index contributed by atoms with van der Waals surface area (Å²) < 4.78 is 0. The van der Waals surface area contributed by atoms with Crippen LogP contribution < -0.4 is 11.1 Å². The summed E-state index contributed by atoms with van der Waals surface area (Å²) in [6, 6.07) is 0.109. The number of nitrogens with zero attached hydrogens (tertiary/aromatic N) is 1. The molecule has 1 amide bonds. The van der Waals surface area contributed by atoms with Crippen LogP contribution in [0.1, 0.15) is 26.2 Å². The Morgan fingerprint density at radius 3 is 2.47 bits per heavy atom. The van der Waals surface area contributed by atoms with Crippen LogP contribution in [0.3, 0.4) is 0 Å².